The summed E-state index contributed by atoms with van der Waals surface area (Å²) in [6, 6.07) is 31.7. The number of carbonyl (C=O) groups excluding carboxylic acids is 2. The SMILES string of the molecule is Cc1ccccc1COc1ccc(C(O)=C2C(=O)C(=O)N(c3nnc(SCc4cccc5ccccc45)s3)C2c2cccnc2)cc1. The third kappa shape index (κ3) is 6.13. The molecule has 0 radical (unpaired) electrons. The smallest absolute Gasteiger partial charge is 0.301 e. The average Bonchev–Trinajstić information content (AvgIpc) is 3.68. The highest BCUT2D eigenvalue weighted by atomic mass is 32.2. The number of aryl methyl sites for hydroxylation is 1. The summed E-state index contributed by atoms with van der Waals surface area (Å²) >= 11 is 2.74. The molecule has 0 aliphatic carbocycles. The van der Waals surface area contributed by atoms with Crippen LogP contribution in [0.1, 0.15) is 33.9 Å². The Morgan fingerprint density at radius 3 is 2.47 bits per heavy atom. The van der Waals surface area contributed by atoms with Crippen LogP contribution in [-0.2, 0) is 21.9 Å². The van der Waals surface area contributed by atoms with Crippen molar-refractivity contribution in [2.45, 2.75) is 29.7 Å². The second-order valence-electron chi connectivity index (χ2n) is 11.0. The van der Waals surface area contributed by atoms with E-state index in [2.05, 4.69) is 39.4 Å². The minimum Gasteiger partial charge on any atom is -0.507 e. The summed E-state index contributed by atoms with van der Waals surface area (Å²) in [6.07, 6.45) is 3.19. The Bertz CT molecular complexity index is 2120. The molecular formula is C37H28N4O4S2. The fourth-order valence-electron chi connectivity index (χ4n) is 5.60. The van der Waals surface area contributed by atoms with Gasteiger partial charge in [0.15, 0.2) is 4.34 Å². The van der Waals surface area contributed by atoms with E-state index in [-0.39, 0.29) is 16.5 Å². The van der Waals surface area contributed by atoms with Crippen molar-refractivity contribution in [1.29, 1.82) is 0 Å². The van der Waals surface area contributed by atoms with Crippen LogP contribution in [0, 0.1) is 6.92 Å². The first-order valence-electron chi connectivity index (χ1n) is 14.9. The summed E-state index contributed by atoms with van der Waals surface area (Å²) in [6.45, 7) is 2.43. The Morgan fingerprint density at radius 1 is 0.894 bits per heavy atom. The predicted octanol–water partition coefficient (Wildman–Crippen LogP) is 7.89. The third-order valence-corrected chi connectivity index (χ3v) is 10.2. The summed E-state index contributed by atoms with van der Waals surface area (Å²) in [4.78, 5) is 32.7. The lowest BCUT2D eigenvalue weighted by molar-refractivity contribution is -0.132. The average molecular weight is 657 g/mol. The normalized spacial score (nSPS) is 15.8. The largest absolute Gasteiger partial charge is 0.507 e. The van der Waals surface area contributed by atoms with Crippen molar-refractivity contribution in [3.63, 3.8) is 0 Å². The van der Waals surface area contributed by atoms with E-state index in [1.54, 1.807) is 48.8 Å². The van der Waals surface area contributed by atoms with E-state index in [1.165, 1.54) is 33.4 Å². The Hall–Kier alpha value is -5.32. The molecule has 1 aliphatic heterocycles. The van der Waals surface area contributed by atoms with Crippen molar-refractivity contribution in [2.75, 3.05) is 4.90 Å². The molecule has 8 nitrogen and oxygen atoms in total. The van der Waals surface area contributed by atoms with Crippen LogP contribution in [0.4, 0.5) is 5.13 Å². The van der Waals surface area contributed by atoms with Gasteiger partial charge in [0.1, 0.15) is 18.1 Å². The lowest BCUT2D eigenvalue weighted by Gasteiger charge is -2.22. The van der Waals surface area contributed by atoms with Crippen LogP contribution in [-0.4, -0.2) is 32.0 Å². The number of aliphatic hydroxyl groups excluding tert-OH is 1. The molecule has 0 saturated carbocycles. The van der Waals surface area contributed by atoms with Crippen LogP contribution in [0.5, 0.6) is 5.75 Å². The number of carbonyl (C=O) groups is 2. The summed E-state index contributed by atoms with van der Waals surface area (Å²) in [5.41, 5.74) is 4.26. The minimum absolute atomic E-state index is 0.0447. The molecule has 6 aromatic rings. The molecule has 0 spiro atoms. The number of aliphatic hydroxyl groups is 1. The summed E-state index contributed by atoms with van der Waals surface area (Å²) < 4.78 is 6.61. The Kier molecular flexibility index (Phi) is 8.52. The number of anilines is 1. The van der Waals surface area contributed by atoms with Gasteiger partial charge < -0.3 is 9.84 Å². The number of amides is 1. The van der Waals surface area contributed by atoms with Gasteiger partial charge in [-0.1, -0.05) is 95.9 Å². The molecule has 3 heterocycles. The zero-order chi connectivity index (χ0) is 32.3. The highest BCUT2D eigenvalue weighted by molar-refractivity contribution is 8.00. The highest BCUT2D eigenvalue weighted by Crippen LogP contribution is 2.44. The van der Waals surface area contributed by atoms with Crippen LogP contribution in [0.3, 0.4) is 0 Å². The summed E-state index contributed by atoms with van der Waals surface area (Å²) in [5, 5.41) is 22.8. The fourth-order valence-corrected chi connectivity index (χ4v) is 7.47. The van der Waals surface area contributed by atoms with Gasteiger partial charge in [0, 0.05) is 23.7 Å². The lowest BCUT2D eigenvalue weighted by Crippen LogP contribution is -2.29. The molecule has 1 aliphatic rings. The molecule has 2 aromatic heterocycles. The van der Waals surface area contributed by atoms with Crippen molar-refractivity contribution in [1.82, 2.24) is 15.2 Å². The van der Waals surface area contributed by atoms with Gasteiger partial charge in [0.2, 0.25) is 5.13 Å². The van der Waals surface area contributed by atoms with E-state index in [0.717, 1.165) is 22.1 Å². The topological polar surface area (TPSA) is 106 Å². The van der Waals surface area contributed by atoms with E-state index in [4.69, 9.17) is 4.74 Å². The Morgan fingerprint density at radius 2 is 1.66 bits per heavy atom. The van der Waals surface area contributed by atoms with Crippen molar-refractivity contribution in [3.05, 3.63) is 149 Å². The summed E-state index contributed by atoms with van der Waals surface area (Å²) in [5.74, 6) is -0.626. The first-order valence-corrected chi connectivity index (χ1v) is 16.7. The molecule has 1 fully saturated rings. The number of nitrogens with zero attached hydrogens (tertiary/aromatic N) is 4. The highest BCUT2D eigenvalue weighted by Gasteiger charge is 2.48. The van der Waals surface area contributed by atoms with Crippen LogP contribution in [0.2, 0.25) is 0 Å². The third-order valence-electron chi connectivity index (χ3n) is 8.06. The maximum atomic E-state index is 13.6. The molecule has 1 unspecified atom stereocenters. The van der Waals surface area contributed by atoms with Gasteiger partial charge in [0.25, 0.3) is 5.78 Å². The van der Waals surface area contributed by atoms with Crippen LogP contribution < -0.4 is 9.64 Å². The zero-order valence-corrected chi connectivity index (χ0v) is 26.9. The first-order chi connectivity index (χ1) is 23.0. The van der Waals surface area contributed by atoms with Crippen molar-refractivity contribution >= 4 is 56.5 Å². The lowest BCUT2D eigenvalue weighted by atomic mass is 9.96. The standard InChI is InChI=1S/C37H28N4O4S2/c1-23-8-2-3-10-27(23)21-45-29-17-15-25(16-18-29)33(42)31-32(26-13-7-19-38-20-26)41(35(44)34(31)43)36-39-40-37(47-36)46-22-28-12-6-11-24-9-4-5-14-30(24)28/h2-20,32,42H,21-22H2,1H3. The van der Waals surface area contributed by atoms with Gasteiger partial charge in [-0.25, -0.2) is 0 Å². The van der Waals surface area contributed by atoms with E-state index in [0.29, 0.717) is 33.6 Å². The maximum Gasteiger partial charge on any atom is 0.301 e. The molecule has 1 saturated heterocycles. The van der Waals surface area contributed by atoms with Crippen molar-refractivity contribution in [2.24, 2.45) is 0 Å². The molecular weight excluding hydrogens is 629 g/mol. The van der Waals surface area contributed by atoms with E-state index >= 15 is 0 Å². The second-order valence-corrected chi connectivity index (χ2v) is 13.2. The number of aromatic nitrogens is 3. The molecule has 1 atom stereocenters. The van der Waals surface area contributed by atoms with Crippen molar-refractivity contribution in [3.8, 4) is 5.75 Å². The number of hydrogen-bond donors (Lipinski definition) is 1. The molecule has 7 rings (SSSR count). The number of rotatable bonds is 9. The molecule has 0 bridgehead atoms. The summed E-state index contributed by atoms with van der Waals surface area (Å²) in [7, 11) is 0. The van der Waals surface area contributed by atoms with Crippen molar-refractivity contribution < 1.29 is 19.4 Å². The number of hydrogen-bond acceptors (Lipinski definition) is 9. The number of benzene rings is 4. The Labute approximate surface area is 279 Å². The quantitative estimate of drug-likeness (QED) is 0.0551. The van der Waals surface area contributed by atoms with E-state index in [1.807, 2.05) is 49.4 Å². The molecule has 47 heavy (non-hydrogen) atoms. The van der Waals surface area contributed by atoms with Gasteiger partial charge in [0.05, 0.1) is 11.6 Å². The predicted molar refractivity (Wildman–Crippen MR) is 184 cm³/mol. The van der Waals surface area contributed by atoms with E-state index < -0.39 is 17.7 Å². The van der Waals surface area contributed by atoms with Gasteiger partial charge in [-0.15, -0.1) is 10.2 Å². The van der Waals surface area contributed by atoms with Gasteiger partial charge >= 0.3 is 5.91 Å². The van der Waals surface area contributed by atoms with Crippen LogP contribution >= 0.6 is 23.1 Å². The molecule has 1 amide bonds. The molecule has 4 aromatic carbocycles. The van der Waals surface area contributed by atoms with Gasteiger partial charge in [-0.05, 0) is 70.3 Å². The number of pyridine rings is 1. The molecule has 232 valence electrons. The van der Waals surface area contributed by atoms with Gasteiger partial charge in [-0.2, -0.15) is 0 Å². The van der Waals surface area contributed by atoms with E-state index in [9.17, 15) is 14.7 Å². The Balaban J connectivity index is 1.16. The van der Waals surface area contributed by atoms with Gasteiger partial charge in [-0.3, -0.25) is 19.5 Å². The number of ketones is 1. The van der Waals surface area contributed by atoms with Crippen LogP contribution in [0.15, 0.2) is 125 Å². The monoisotopic (exact) mass is 656 g/mol. The number of ether oxygens (including phenoxy) is 1. The number of fused-ring (bicyclic) bond motifs is 1. The fraction of sp³-hybridized carbons (Fsp3) is 0.108. The maximum absolute atomic E-state index is 13.6. The number of thioether (sulfide) groups is 1. The number of Topliss-reactive ketones (excluding diaryl/α,β-unsaturated/α-hetero) is 1. The zero-order valence-electron chi connectivity index (χ0n) is 25.2. The molecule has 1 N–H and O–H groups in total. The molecule has 10 heteroatoms. The second kappa shape index (κ2) is 13.2. The minimum atomic E-state index is -0.940. The first kappa shape index (κ1) is 30.3. The van der Waals surface area contributed by atoms with Crippen LogP contribution in [0.25, 0.3) is 16.5 Å².